The van der Waals surface area contributed by atoms with Crippen LogP contribution in [-0.4, -0.2) is 26.7 Å². The van der Waals surface area contributed by atoms with Gasteiger partial charge in [-0.3, -0.25) is 4.79 Å². The predicted molar refractivity (Wildman–Crippen MR) is 91.1 cm³/mol. The lowest BCUT2D eigenvalue weighted by Gasteiger charge is -2.13. The van der Waals surface area contributed by atoms with Gasteiger partial charge in [-0.25, -0.2) is 4.39 Å². The number of benzene rings is 2. The number of ether oxygens (including phenoxy) is 2. The largest absolute Gasteiger partial charge is 0.496 e. The van der Waals surface area contributed by atoms with Gasteiger partial charge in [0.2, 0.25) is 5.91 Å². The summed E-state index contributed by atoms with van der Waals surface area (Å²) < 4.78 is 24.2. The summed E-state index contributed by atoms with van der Waals surface area (Å²) in [4.78, 5) is 12.0. The maximum absolute atomic E-state index is 13.5. The Bertz CT molecular complexity index is 716. The van der Waals surface area contributed by atoms with Crippen molar-refractivity contribution in [2.24, 2.45) is 0 Å². The Balaban J connectivity index is 1.94. The smallest absolute Gasteiger partial charge is 0.224 e. The molecule has 0 aliphatic heterocycles. The van der Waals surface area contributed by atoms with Gasteiger partial charge in [-0.1, -0.05) is 18.2 Å². The van der Waals surface area contributed by atoms with Crippen LogP contribution in [0.4, 0.5) is 4.39 Å². The molecule has 2 aromatic carbocycles. The molecule has 1 N–H and O–H groups in total. The molecule has 128 valence electrons. The second kappa shape index (κ2) is 8.34. The lowest BCUT2D eigenvalue weighted by Crippen LogP contribution is -2.27. The van der Waals surface area contributed by atoms with E-state index in [1.54, 1.807) is 32.4 Å². The van der Waals surface area contributed by atoms with Gasteiger partial charge in [0.25, 0.3) is 0 Å². The highest BCUT2D eigenvalue weighted by Crippen LogP contribution is 2.28. The minimum Gasteiger partial charge on any atom is -0.496 e. The first kappa shape index (κ1) is 17.8. The lowest BCUT2D eigenvalue weighted by atomic mass is 10.1. The second-order valence-electron chi connectivity index (χ2n) is 5.50. The van der Waals surface area contributed by atoms with Crippen molar-refractivity contribution in [3.05, 3.63) is 58.9 Å². The van der Waals surface area contributed by atoms with E-state index in [9.17, 15) is 9.18 Å². The SMILES string of the molecule is COc1cc(CCNC(=O)Cc2ccccc2F)c(OC)cc1C. The van der Waals surface area contributed by atoms with Crippen molar-refractivity contribution in [2.45, 2.75) is 19.8 Å². The first-order chi connectivity index (χ1) is 11.5. The molecule has 2 rings (SSSR count). The number of aryl methyl sites for hydroxylation is 1. The number of nitrogens with one attached hydrogen (secondary N) is 1. The van der Waals surface area contributed by atoms with Crippen LogP contribution in [0.5, 0.6) is 11.5 Å². The number of carbonyl (C=O) groups is 1. The zero-order valence-electron chi connectivity index (χ0n) is 14.2. The van der Waals surface area contributed by atoms with Crippen LogP contribution in [0.25, 0.3) is 0 Å². The molecule has 0 saturated heterocycles. The fourth-order valence-corrected chi connectivity index (χ4v) is 2.52. The molecule has 0 heterocycles. The summed E-state index contributed by atoms with van der Waals surface area (Å²) in [6.07, 6.45) is 0.629. The second-order valence-corrected chi connectivity index (χ2v) is 5.50. The van der Waals surface area contributed by atoms with Crippen molar-refractivity contribution >= 4 is 5.91 Å². The number of hydrogen-bond donors (Lipinski definition) is 1. The molecule has 0 saturated carbocycles. The highest BCUT2D eigenvalue weighted by Gasteiger charge is 2.10. The van der Waals surface area contributed by atoms with E-state index in [-0.39, 0.29) is 18.1 Å². The molecule has 0 aliphatic rings. The minimum absolute atomic E-state index is 0.0288. The molecule has 4 nitrogen and oxygen atoms in total. The normalized spacial score (nSPS) is 10.3. The number of carbonyl (C=O) groups excluding carboxylic acids is 1. The van der Waals surface area contributed by atoms with E-state index in [0.717, 1.165) is 22.6 Å². The summed E-state index contributed by atoms with van der Waals surface area (Å²) >= 11 is 0. The molecular formula is C19H22FNO3. The predicted octanol–water partition coefficient (Wildman–Crippen LogP) is 3.05. The third kappa shape index (κ3) is 4.47. The number of amides is 1. The molecule has 0 aromatic heterocycles. The summed E-state index contributed by atoms with van der Waals surface area (Å²) in [7, 11) is 3.23. The molecule has 0 fully saturated rings. The van der Waals surface area contributed by atoms with E-state index in [1.807, 2.05) is 19.1 Å². The number of rotatable bonds is 7. The van der Waals surface area contributed by atoms with Crippen LogP contribution in [0.2, 0.25) is 0 Å². The quantitative estimate of drug-likeness (QED) is 0.848. The maximum Gasteiger partial charge on any atom is 0.224 e. The Morgan fingerprint density at radius 1 is 1.08 bits per heavy atom. The molecule has 0 unspecified atom stereocenters. The fraction of sp³-hybridized carbons (Fsp3) is 0.316. The zero-order valence-corrected chi connectivity index (χ0v) is 14.2. The van der Waals surface area contributed by atoms with Gasteiger partial charge < -0.3 is 14.8 Å². The van der Waals surface area contributed by atoms with Gasteiger partial charge in [0.15, 0.2) is 0 Å². The average molecular weight is 331 g/mol. The van der Waals surface area contributed by atoms with Gasteiger partial charge in [-0.15, -0.1) is 0 Å². The van der Waals surface area contributed by atoms with E-state index in [2.05, 4.69) is 5.32 Å². The lowest BCUT2D eigenvalue weighted by molar-refractivity contribution is -0.120. The van der Waals surface area contributed by atoms with Gasteiger partial charge in [0, 0.05) is 6.54 Å². The molecule has 0 atom stereocenters. The van der Waals surface area contributed by atoms with E-state index >= 15 is 0 Å². The Morgan fingerprint density at radius 2 is 1.79 bits per heavy atom. The van der Waals surface area contributed by atoms with E-state index in [4.69, 9.17) is 9.47 Å². The van der Waals surface area contributed by atoms with Crippen molar-refractivity contribution in [1.82, 2.24) is 5.32 Å². The Morgan fingerprint density at radius 3 is 2.46 bits per heavy atom. The van der Waals surface area contributed by atoms with Gasteiger partial charge in [-0.05, 0) is 48.2 Å². The molecule has 5 heteroatoms. The Labute approximate surface area is 141 Å². The van der Waals surface area contributed by atoms with Crippen molar-refractivity contribution in [3.8, 4) is 11.5 Å². The Hall–Kier alpha value is -2.56. The van der Waals surface area contributed by atoms with Crippen LogP contribution in [0.15, 0.2) is 36.4 Å². The summed E-state index contributed by atoms with van der Waals surface area (Å²) in [5.74, 6) is 0.968. The third-order valence-electron chi connectivity index (χ3n) is 3.82. The molecular weight excluding hydrogens is 309 g/mol. The third-order valence-corrected chi connectivity index (χ3v) is 3.82. The minimum atomic E-state index is -0.363. The molecule has 2 aromatic rings. The zero-order chi connectivity index (χ0) is 17.5. The number of methoxy groups -OCH3 is 2. The highest BCUT2D eigenvalue weighted by molar-refractivity contribution is 5.78. The van der Waals surface area contributed by atoms with Gasteiger partial charge >= 0.3 is 0 Å². The first-order valence-corrected chi connectivity index (χ1v) is 7.76. The summed E-state index contributed by atoms with van der Waals surface area (Å²) in [5.41, 5.74) is 2.33. The summed E-state index contributed by atoms with van der Waals surface area (Å²) in [5, 5.41) is 2.81. The van der Waals surface area contributed by atoms with Crippen LogP contribution >= 0.6 is 0 Å². The molecule has 0 aliphatic carbocycles. The van der Waals surface area contributed by atoms with Crippen LogP contribution < -0.4 is 14.8 Å². The van der Waals surface area contributed by atoms with Crippen molar-refractivity contribution < 1.29 is 18.7 Å². The summed E-state index contributed by atoms with van der Waals surface area (Å²) in [6.45, 7) is 2.39. The highest BCUT2D eigenvalue weighted by atomic mass is 19.1. The molecule has 0 bridgehead atoms. The molecule has 1 amide bonds. The molecule has 0 spiro atoms. The monoisotopic (exact) mass is 331 g/mol. The van der Waals surface area contributed by atoms with Crippen molar-refractivity contribution in [3.63, 3.8) is 0 Å². The van der Waals surface area contributed by atoms with Crippen molar-refractivity contribution in [1.29, 1.82) is 0 Å². The molecule has 24 heavy (non-hydrogen) atoms. The van der Waals surface area contributed by atoms with Crippen LogP contribution in [0.1, 0.15) is 16.7 Å². The standard InChI is InChI=1S/C19H22FNO3/c1-13-10-18(24-3)15(11-17(13)23-2)8-9-21-19(22)12-14-6-4-5-7-16(14)20/h4-7,10-11H,8-9,12H2,1-3H3,(H,21,22). The number of halogens is 1. The van der Waals surface area contributed by atoms with Gasteiger partial charge in [0.05, 0.1) is 20.6 Å². The van der Waals surface area contributed by atoms with Crippen LogP contribution in [-0.2, 0) is 17.6 Å². The Kier molecular flexibility index (Phi) is 6.18. The van der Waals surface area contributed by atoms with E-state index < -0.39 is 0 Å². The topological polar surface area (TPSA) is 47.6 Å². The van der Waals surface area contributed by atoms with Crippen LogP contribution in [0, 0.1) is 12.7 Å². The van der Waals surface area contributed by atoms with Gasteiger partial charge in [0.1, 0.15) is 17.3 Å². The van der Waals surface area contributed by atoms with E-state index in [0.29, 0.717) is 18.5 Å². The van der Waals surface area contributed by atoms with Crippen LogP contribution in [0.3, 0.4) is 0 Å². The molecule has 0 radical (unpaired) electrons. The van der Waals surface area contributed by atoms with Crippen molar-refractivity contribution in [2.75, 3.05) is 20.8 Å². The average Bonchev–Trinajstić information content (AvgIpc) is 2.57. The maximum atomic E-state index is 13.5. The van der Waals surface area contributed by atoms with Gasteiger partial charge in [-0.2, -0.15) is 0 Å². The fourth-order valence-electron chi connectivity index (χ4n) is 2.52. The van der Waals surface area contributed by atoms with E-state index in [1.165, 1.54) is 6.07 Å². The number of hydrogen-bond acceptors (Lipinski definition) is 3. The first-order valence-electron chi connectivity index (χ1n) is 7.76. The summed E-state index contributed by atoms with van der Waals surface area (Å²) in [6, 6.07) is 10.1.